The Morgan fingerprint density at radius 1 is 0.878 bits per heavy atom. The summed E-state index contributed by atoms with van der Waals surface area (Å²) < 4.78 is 5.20. The van der Waals surface area contributed by atoms with Crippen LogP contribution in [0.2, 0.25) is 0 Å². The van der Waals surface area contributed by atoms with Crippen molar-refractivity contribution in [2.24, 2.45) is 11.3 Å². The van der Waals surface area contributed by atoms with E-state index >= 15 is 0 Å². The summed E-state index contributed by atoms with van der Waals surface area (Å²) in [6.07, 6.45) is 1.44. The molecule has 4 rings (SSSR count). The van der Waals surface area contributed by atoms with E-state index in [-0.39, 0.29) is 23.6 Å². The van der Waals surface area contributed by atoms with Crippen LogP contribution in [0.1, 0.15) is 44.0 Å². The lowest BCUT2D eigenvalue weighted by Gasteiger charge is -2.31. The Morgan fingerprint density at radius 2 is 1.54 bits per heavy atom. The van der Waals surface area contributed by atoms with Crippen LogP contribution in [0, 0.1) is 11.3 Å². The van der Waals surface area contributed by atoms with E-state index in [2.05, 4.69) is 31.0 Å². The van der Waals surface area contributed by atoms with Gasteiger partial charge in [-0.25, -0.2) is 0 Å². The van der Waals surface area contributed by atoms with Crippen molar-refractivity contribution in [1.29, 1.82) is 0 Å². The first-order valence-electron chi connectivity index (χ1n) is 13.8. The van der Waals surface area contributed by atoms with Gasteiger partial charge in [0.15, 0.2) is 5.82 Å². The van der Waals surface area contributed by atoms with E-state index in [1.807, 2.05) is 57.2 Å². The van der Waals surface area contributed by atoms with E-state index in [0.717, 1.165) is 48.8 Å². The van der Waals surface area contributed by atoms with Crippen LogP contribution >= 0.6 is 0 Å². The highest BCUT2D eigenvalue weighted by molar-refractivity contribution is 5.97. The summed E-state index contributed by atoms with van der Waals surface area (Å²) in [5.74, 6) is 1.18. The molecule has 216 valence electrons. The SMILES string of the molecule is COc1ccc(-c2ccc(N3CCC(C(=O)NCCNC(=O)c4ccc(NC(=O)C(C)(C)C)cc4)CC3)nn2)cc1. The molecule has 0 aliphatic carbocycles. The average Bonchev–Trinajstić information content (AvgIpc) is 2.99. The van der Waals surface area contributed by atoms with Crippen LogP contribution in [0.4, 0.5) is 11.5 Å². The zero-order chi connectivity index (χ0) is 29.4. The van der Waals surface area contributed by atoms with Crippen molar-refractivity contribution in [3.8, 4) is 17.0 Å². The number of methoxy groups -OCH3 is 1. The van der Waals surface area contributed by atoms with Crippen LogP contribution in [-0.2, 0) is 9.59 Å². The number of aromatic nitrogens is 2. The Balaban J connectivity index is 1.16. The molecule has 0 atom stereocenters. The minimum atomic E-state index is -0.503. The summed E-state index contributed by atoms with van der Waals surface area (Å²) in [4.78, 5) is 39.4. The summed E-state index contributed by atoms with van der Waals surface area (Å²) in [7, 11) is 1.64. The molecule has 10 heteroatoms. The highest BCUT2D eigenvalue weighted by atomic mass is 16.5. The smallest absolute Gasteiger partial charge is 0.251 e. The number of carbonyl (C=O) groups is 3. The lowest BCUT2D eigenvalue weighted by Crippen LogP contribution is -2.42. The highest BCUT2D eigenvalue weighted by Gasteiger charge is 2.26. The molecule has 1 aromatic heterocycles. The molecule has 1 fully saturated rings. The number of piperidine rings is 1. The van der Waals surface area contributed by atoms with Gasteiger partial charge < -0.3 is 25.6 Å². The van der Waals surface area contributed by atoms with E-state index in [9.17, 15) is 14.4 Å². The first kappa shape index (κ1) is 29.5. The molecule has 1 saturated heterocycles. The van der Waals surface area contributed by atoms with Crippen molar-refractivity contribution in [3.63, 3.8) is 0 Å². The number of ether oxygens (including phenoxy) is 1. The molecule has 0 radical (unpaired) electrons. The van der Waals surface area contributed by atoms with E-state index in [0.29, 0.717) is 24.3 Å². The van der Waals surface area contributed by atoms with Crippen LogP contribution in [0.15, 0.2) is 60.7 Å². The number of hydrogen-bond donors (Lipinski definition) is 3. The summed E-state index contributed by atoms with van der Waals surface area (Å²) in [5, 5.41) is 17.4. The fraction of sp³-hybridized carbons (Fsp3) is 0.387. The summed E-state index contributed by atoms with van der Waals surface area (Å²) in [6.45, 7) is 7.63. The molecule has 1 aliphatic heterocycles. The van der Waals surface area contributed by atoms with E-state index in [1.54, 1.807) is 31.4 Å². The van der Waals surface area contributed by atoms with Gasteiger partial charge in [0, 0.05) is 54.3 Å². The van der Waals surface area contributed by atoms with Crippen LogP contribution in [0.5, 0.6) is 5.75 Å². The Kier molecular flexibility index (Phi) is 9.54. The van der Waals surface area contributed by atoms with Gasteiger partial charge >= 0.3 is 0 Å². The lowest BCUT2D eigenvalue weighted by molar-refractivity contribution is -0.125. The van der Waals surface area contributed by atoms with E-state index < -0.39 is 5.41 Å². The minimum Gasteiger partial charge on any atom is -0.497 e. The third-order valence-electron chi connectivity index (χ3n) is 7.02. The molecule has 41 heavy (non-hydrogen) atoms. The van der Waals surface area contributed by atoms with Gasteiger partial charge in [-0.2, -0.15) is 0 Å². The molecular formula is C31H38N6O4. The van der Waals surface area contributed by atoms with Crippen molar-refractivity contribution in [2.75, 3.05) is 43.5 Å². The zero-order valence-corrected chi connectivity index (χ0v) is 24.1. The van der Waals surface area contributed by atoms with Crippen molar-refractivity contribution >= 4 is 29.2 Å². The fourth-order valence-corrected chi connectivity index (χ4v) is 4.41. The van der Waals surface area contributed by atoms with Gasteiger partial charge in [0.05, 0.1) is 12.8 Å². The molecule has 2 aromatic carbocycles. The van der Waals surface area contributed by atoms with Gasteiger partial charge in [-0.05, 0) is 73.5 Å². The number of benzene rings is 2. The largest absolute Gasteiger partial charge is 0.497 e. The van der Waals surface area contributed by atoms with Gasteiger partial charge in [0.2, 0.25) is 11.8 Å². The maximum atomic E-state index is 12.7. The molecule has 10 nitrogen and oxygen atoms in total. The maximum Gasteiger partial charge on any atom is 0.251 e. The normalized spacial score (nSPS) is 13.8. The molecule has 0 bridgehead atoms. The first-order chi connectivity index (χ1) is 19.6. The van der Waals surface area contributed by atoms with E-state index in [1.165, 1.54) is 0 Å². The summed E-state index contributed by atoms with van der Waals surface area (Å²) in [5.41, 5.74) is 2.38. The summed E-state index contributed by atoms with van der Waals surface area (Å²) in [6, 6.07) is 18.3. The number of nitrogens with zero attached hydrogens (tertiary/aromatic N) is 3. The number of anilines is 2. The Bertz CT molecular complexity index is 1330. The number of amides is 3. The molecular weight excluding hydrogens is 520 g/mol. The van der Waals surface area contributed by atoms with Gasteiger partial charge in [0.25, 0.3) is 5.91 Å². The molecule has 0 unspecified atom stereocenters. The number of hydrogen-bond acceptors (Lipinski definition) is 7. The van der Waals surface area contributed by atoms with Crippen LogP contribution < -0.4 is 25.6 Å². The second kappa shape index (κ2) is 13.3. The topological polar surface area (TPSA) is 126 Å². The van der Waals surface area contributed by atoms with Gasteiger partial charge in [-0.3, -0.25) is 14.4 Å². The van der Waals surface area contributed by atoms with Crippen molar-refractivity contribution in [2.45, 2.75) is 33.6 Å². The second-order valence-electron chi connectivity index (χ2n) is 11.1. The number of rotatable bonds is 9. The van der Waals surface area contributed by atoms with Crippen molar-refractivity contribution in [1.82, 2.24) is 20.8 Å². The predicted molar refractivity (Wildman–Crippen MR) is 159 cm³/mol. The third kappa shape index (κ3) is 8.03. The number of nitrogens with one attached hydrogen (secondary N) is 3. The molecule has 1 aliphatic rings. The Labute approximate surface area is 240 Å². The molecule has 0 spiro atoms. The molecule has 3 amide bonds. The minimum absolute atomic E-state index is 0.00113. The van der Waals surface area contributed by atoms with Crippen LogP contribution in [-0.4, -0.2) is 61.2 Å². The highest BCUT2D eigenvalue weighted by Crippen LogP contribution is 2.25. The van der Waals surface area contributed by atoms with Crippen LogP contribution in [0.3, 0.4) is 0 Å². The van der Waals surface area contributed by atoms with Crippen LogP contribution in [0.25, 0.3) is 11.3 Å². The Morgan fingerprint density at radius 3 is 2.12 bits per heavy atom. The standard InChI is InChI=1S/C31H38N6O4/c1-31(2,3)30(40)34-24-9-5-22(6-10-24)28(38)32-17-18-33-29(39)23-15-19-37(20-16-23)27-14-13-26(35-36-27)21-7-11-25(41-4)12-8-21/h5-14,23H,15-20H2,1-4H3,(H,32,38)(H,33,39)(H,34,40). The van der Waals surface area contributed by atoms with E-state index in [4.69, 9.17) is 4.74 Å². The molecule has 0 saturated carbocycles. The monoisotopic (exact) mass is 558 g/mol. The van der Waals surface area contributed by atoms with Gasteiger partial charge in [-0.15, -0.1) is 10.2 Å². The summed E-state index contributed by atoms with van der Waals surface area (Å²) >= 11 is 0. The fourth-order valence-electron chi connectivity index (χ4n) is 4.41. The quantitative estimate of drug-likeness (QED) is 0.340. The number of carbonyl (C=O) groups excluding carboxylic acids is 3. The average molecular weight is 559 g/mol. The van der Waals surface area contributed by atoms with Gasteiger partial charge in [0.1, 0.15) is 5.75 Å². The first-order valence-corrected chi connectivity index (χ1v) is 13.8. The second-order valence-corrected chi connectivity index (χ2v) is 11.1. The Hall–Kier alpha value is -4.47. The van der Waals surface area contributed by atoms with Crippen molar-refractivity contribution in [3.05, 3.63) is 66.2 Å². The predicted octanol–water partition coefficient (Wildman–Crippen LogP) is 3.90. The third-order valence-corrected chi connectivity index (χ3v) is 7.02. The zero-order valence-electron chi connectivity index (χ0n) is 24.1. The van der Waals surface area contributed by atoms with Gasteiger partial charge in [-0.1, -0.05) is 20.8 Å². The molecule has 2 heterocycles. The molecule has 3 N–H and O–H groups in total. The molecule has 3 aromatic rings. The maximum absolute atomic E-state index is 12.7. The lowest BCUT2D eigenvalue weighted by atomic mass is 9.95. The van der Waals surface area contributed by atoms with Crippen molar-refractivity contribution < 1.29 is 19.1 Å².